The minimum Gasteiger partial charge on any atom is -0.394 e. The number of nitrogens with one attached hydrogen (secondary N) is 1. The van der Waals surface area contributed by atoms with Gasteiger partial charge in [0.1, 0.15) is 24.4 Å². The van der Waals surface area contributed by atoms with Crippen LogP contribution in [-0.2, 0) is 28.9 Å². The second kappa shape index (κ2) is 35.1. The van der Waals surface area contributed by atoms with Gasteiger partial charge >= 0.3 is 10.4 Å². The highest BCUT2D eigenvalue weighted by atomic mass is 32.3. The normalized spacial score (nSPS) is 21.6. The number of carbonyl (C=O) groups excluding carboxylic acids is 1. The molecule has 0 spiro atoms. The van der Waals surface area contributed by atoms with Crippen molar-refractivity contribution in [3.05, 3.63) is 36.5 Å². The Morgan fingerprint density at radius 2 is 1.18 bits per heavy atom. The predicted molar refractivity (Wildman–Crippen MR) is 227 cm³/mol. The lowest BCUT2D eigenvalue weighted by Gasteiger charge is -2.41. The molecule has 0 aliphatic carbocycles. The van der Waals surface area contributed by atoms with Gasteiger partial charge in [-0.2, -0.15) is 8.42 Å². The molecule has 6 N–H and O–H groups in total. The minimum absolute atomic E-state index is 0.259. The third kappa shape index (κ3) is 28.4. The highest BCUT2D eigenvalue weighted by Crippen LogP contribution is 2.26. The zero-order valence-corrected chi connectivity index (χ0v) is 36.2. The molecule has 12 nitrogen and oxygen atoms in total. The molecule has 0 aromatic heterocycles. The van der Waals surface area contributed by atoms with E-state index in [1.54, 1.807) is 6.08 Å². The van der Waals surface area contributed by atoms with E-state index in [9.17, 15) is 33.6 Å². The highest BCUT2D eigenvalue weighted by Gasteiger charge is 2.48. The lowest BCUT2D eigenvalue weighted by Crippen LogP contribution is -2.61. The number of aliphatic hydroxyl groups excluding tert-OH is 4. The maximum atomic E-state index is 13.0. The number of carbonyl (C=O) groups is 1. The number of hydrogen-bond donors (Lipinski definition) is 6. The molecule has 1 aliphatic heterocycles. The van der Waals surface area contributed by atoms with Crippen molar-refractivity contribution in [2.24, 2.45) is 0 Å². The first-order valence-electron chi connectivity index (χ1n) is 22.4. The Bertz CT molecular complexity index is 1160. The van der Waals surface area contributed by atoms with Gasteiger partial charge in [-0.3, -0.25) is 9.35 Å². The molecule has 1 amide bonds. The van der Waals surface area contributed by atoms with Crippen LogP contribution < -0.4 is 5.32 Å². The van der Waals surface area contributed by atoms with E-state index in [2.05, 4.69) is 47.7 Å². The number of ether oxygens (including phenoxy) is 2. The van der Waals surface area contributed by atoms with Crippen LogP contribution in [0.2, 0.25) is 0 Å². The zero-order valence-electron chi connectivity index (χ0n) is 35.4. The van der Waals surface area contributed by atoms with Crippen molar-refractivity contribution >= 4 is 16.3 Å². The summed E-state index contributed by atoms with van der Waals surface area (Å²) < 4.78 is 47.5. The molecular weight excluding hydrogens is 751 g/mol. The van der Waals surface area contributed by atoms with Gasteiger partial charge in [0.05, 0.1) is 25.4 Å². The van der Waals surface area contributed by atoms with Crippen molar-refractivity contribution in [3.8, 4) is 0 Å². The monoisotopic (exact) mass is 832 g/mol. The van der Waals surface area contributed by atoms with Gasteiger partial charge in [-0.25, -0.2) is 4.18 Å². The summed E-state index contributed by atoms with van der Waals surface area (Å²) in [5, 5.41) is 44.6. The number of rotatable bonds is 37. The van der Waals surface area contributed by atoms with E-state index in [0.29, 0.717) is 6.42 Å². The Morgan fingerprint density at radius 1 is 0.702 bits per heavy atom. The molecule has 1 aliphatic rings. The van der Waals surface area contributed by atoms with Crippen molar-refractivity contribution in [2.45, 2.75) is 224 Å². The smallest absolute Gasteiger partial charge is 0.394 e. The molecule has 0 aromatic carbocycles. The lowest BCUT2D eigenvalue weighted by atomic mass is 9.99. The first-order chi connectivity index (χ1) is 27.5. The second-order valence-electron chi connectivity index (χ2n) is 15.6. The van der Waals surface area contributed by atoms with Crippen LogP contribution in [0.1, 0.15) is 181 Å². The van der Waals surface area contributed by atoms with E-state index in [4.69, 9.17) is 14.0 Å². The largest absolute Gasteiger partial charge is 0.397 e. The summed E-state index contributed by atoms with van der Waals surface area (Å²) in [4.78, 5) is 13.0. The maximum absolute atomic E-state index is 13.0. The molecule has 1 heterocycles. The summed E-state index contributed by atoms with van der Waals surface area (Å²) in [7, 11) is -5.08. The van der Waals surface area contributed by atoms with Crippen LogP contribution in [0.25, 0.3) is 0 Å². The minimum atomic E-state index is -5.08. The standard InChI is InChI=1S/C44H81NO11S/c1-3-5-7-9-11-13-15-17-18-19-20-22-24-26-28-30-32-34-40(48)45-37(38(47)33-31-29-27-25-23-21-16-14-12-10-8-6-4-2)36-54-44-42(50)43(56-57(51,52)53)41(49)39(35-46)55-44/h11,13,17-18,31,33,37-39,41-44,46-47,49-50H,3-10,12,14-16,19-30,32,34-36H2,1-2H3,(H,45,48)(H,51,52,53)/b13-11-,18-17-,33-31+. The van der Waals surface area contributed by atoms with Gasteiger partial charge in [-0.15, -0.1) is 0 Å². The first kappa shape index (κ1) is 53.3. The molecule has 0 radical (unpaired) electrons. The number of allylic oxidation sites excluding steroid dienone is 5. The second-order valence-corrected chi connectivity index (χ2v) is 16.7. The molecule has 7 unspecified atom stereocenters. The van der Waals surface area contributed by atoms with Crippen LogP contribution in [-0.4, -0.2) is 95.4 Å². The average molecular weight is 832 g/mol. The molecule has 57 heavy (non-hydrogen) atoms. The topological polar surface area (TPSA) is 192 Å². The fraction of sp³-hybridized carbons (Fsp3) is 0.841. The fourth-order valence-electron chi connectivity index (χ4n) is 6.89. The molecule has 7 atom stereocenters. The van der Waals surface area contributed by atoms with Gasteiger partial charge in [-0.05, 0) is 51.4 Å². The van der Waals surface area contributed by atoms with E-state index >= 15 is 0 Å². The summed E-state index contributed by atoms with van der Waals surface area (Å²) in [6, 6.07) is -0.946. The molecule has 0 bridgehead atoms. The van der Waals surface area contributed by atoms with Gasteiger partial charge in [0.2, 0.25) is 5.91 Å². The molecule has 0 saturated carbocycles. The summed E-state index contributed by atoms with van der Waals surface area (Å²) in [5.41, 5.74) is 0. The van der Waals surface area contributed by atoms with Crippen molar-refractivity contribution in [2.75, 3.05) is 13.2 Å². The third-order valence-corrected chi connectivity index (χ3v) is 10.9. The van der Waals surface area contributed by atoms with Crippen LogP contribution in [0.3, 0.4) is 0 Å². The van der Waals surface area contributed by atoms with Crippen molar-refractivity contribution < 1.29 is 51.8 Å². The van der Waals surface area contributed by atoms with Crippen LogP contribution in [0.5, 0.6) is 0 Å². The lowest BCUT2D eigenvalue weighted by molar-refractivity contribution is -0.298. The Labute approximate surface area is 345 Å². The average Bonchev–Trinajstić information content (AvgIpc) is 3.18. The maximum Gasteiger partial charge on any atom is 0.397 e. The highest BCUT2D eigenvalue weighted by molar-refractivity contribution is 7.80. The molecule has 0 aromatic rings. The van der Waals surface area contributed by atoms with Crippen LogP contribution in [0, 0.1) is 0 Å². The molecule has 1 saturated heterocycles. The number of unbranched alkanes of at least 4 members (excludes halogenated alkanes) is 21. The quantitative estimate of drug-likeness (QED) is 0.0200. The molecule has 1 fully saturated rings. The third-order valence-electron chi connectivity index (χ3n) is 10.4. The first-order valence-corrected chi connectivity index (χ1v) is 23.7. The zero-order chi connectivity index (χ0) is 42.0. The Hall–Kier alpha value is -1.68. The van der Waals surface area contributed by atoms with Gasteiger partial charge in [0.25, 0.3) is 0 Å². The van der Waals surface area contributed by atoms with Crippen LogP contribution >= 0.6 is 0 Å². The molecular formula is C44H81NO11S. The Balaban J connectivity index is 2.55. The van der Waals surface area contributed by atoms with Gasteiger partial charge in [0.15, 0.2) is 6.29 Å². The summed E-state index contributed by atoms with van der Waals surface area (Å²) in [5.74, 6) is -0.273. The number of aliphatic hydroxyl groups is 4. The van der Waals surface area contributed by atoms with E-state index < -0.39 is 59.9 Å². The van der Waals surface area contributed by atoms with Crippen molar-refractivity contribution in [1.29, 1.82) is 0 Å². The van der Waals surface area contributed by atoms with Crippen molar-refractivity contribution in [3.63, 3.8) is 0 Å². The summed E-state index contributed by atoms with van der Waals surface area (Å²) in [6.07, 6.45) is 31.8. The SMILES string of the molecule is CCCCC/C=C\C/C=C\CCCCCCCCCC(=O)NC(COC1OC(CO)C(O)C(OS(=O)(=O)O)C1O)C(O)/C=C/CCCCCCCCCCCCC. The fourth-order valence-corrected chi connectivity index (χ4v) is 7.40. The molecule has 13 heteroatoms. The Morgan fingerprint density at radius 3 is 1.70 bits per heavy atom. The molecule has 1 rings (SSSR count). The number of amides is 1. The predicted octanol–water partition coefficient (Wildman–Crippen LogP) is 8.33. The van der Waals surface area contributed by atoms with Crippen molar-refractivity contribution in [1.82, 2.24) is 5.32 Å². The molecule has 334 valence electrons. The van der Waals surface area contributed by atoms with E-state index in [1.807, 2.05) is 6.08 Å². The van der Waals surface area contributed by atoms with Gasteiger partial charge in [-0.1, -0.05) is 159 Å². The van der Waals surface area contributed by atoms with E-state index in [1.165, 1.54) is 96.3 Å². The van der Waals surface area contributed by atoms with Gasteiger partial charge < -0.3 is 35.2 Å². The Kier molecular flexibility index (Phi) is 32.9. The summed E-state index contributed by atoms with van der Waals surface area (Å²) >= 11 is 0. The van der Waals surface area contributed by atoms with Crippen LogP contribution in [0.4, 0.5) is 0 Å². The van der Waals surface area contributed by atoms with Crippen LogP contribution in [0.15, 0.2) is 36.5 Å². The summed E-state index contributed by atoms with van der Waals surface area (Å²) in [6.45, 7) is 3.33. The number of hydrogen-bond acceptors (Lipinski definition) is 10. The van der Waals surface area contributed by atoms with Gasteiger partial charge in [0, 0.05) is 6.42 Å². The van der Waals surface area contributed by atoms with E-state index in [0.717, 1.165) is 57.8 Å². The van der Waals surface area contributed by atoms with E-state index in [-0.39, 0.29) is 18.9 Å².